The lowest BCUT2D eigenvalue weighted by atomic mass is 9.58. The van der Waals surface area contributed by atoms with Crippen molar-refractivity contribution in [2.45, 2.75) is 51.7 Å². The SMILES string of the molecule is CCCN(CC(=O)Nc1cc(N(C)C)c2c(c1O)C(=O)C1=C(O)[C@]3(O)C(=O)C(C(N)=O)=C(O)[C@@H](N(C)C)[C@@H]3C[C@@H]1C2)C(=O)OCC(C)C. The first-order valence-electron chi connectivity index (χ1n) is 15.8. The lowest BCUT2D eigenvalue weighted by molar-refractivity contribution is -0.148. The fraction of sp³-hybridized carbons (Fsp3) is 0.545. The monoisotopic (exact) mass is 671 g/mol. The van der Waals surface area contributed by atoms with Crippen LogP contribution in [0.4, 0.5) is 16.2 Å². The van der Waals surface area contributed by atoms with Crippen molar-refractivity contribution in [3.8, 4) is 5.75 Å². The van der Waals surface area contributed by atoms with Gasteiger partial charge in [-0.25, -0.2) is 4.79 Å². The normalized spacial score (nSPS) is 23.5. The smallest absolute Gasteiger partial charge is 0.410 e. The van der Waals surface area contributed by atoms with Crippen LogP contribution in [0.2, 0.25) is 0 Å². The molecule has 1 aromatic rings. The number of amides is 3. The molecule has 0 saturated heterocycles. The highest BCUT2D eigenvalue weighted by molar-refractivity contribution is 6.25. The van der Waals surface area contributed by atoms with E-state index in [0.29, 0.717) is 17.7 Å². The van der Waals surface area contributed by atoms with Gasteiger partial charge in [0.2, 0.25) is 11.7 Å². The van der Waals surface area contributed by atoms with Gasteiger partial charge >= 0.3 is 6.09 Å². The van der Waals surface area contributed by atoms with E-state index in [0.717, 1.165) is 0 Å². The number of allylic oxidation sites excluding steroid dienone is 1. The molecule has 0 spiro atoms. The van der Waals surface area contributed by atoms with E-state index in [1.165, 1.54) is 15.9 Å². The molecule has 3 aliphatic rings. The van der Waals surface area contributed by atoms with E-state index >= 15 is 0 Å². The van der Waals surface area contributed by atoms with Crippen molar-refractivity contribution in [1.29, 1.82) is 0 Å². The third-order valence-corrected chi connectivity index (χ3v) is 9.08. The molecule has 0 bridgehead atoms. The summed E-state index contributed by atoms with van der Waals surface area (Å²) in [5.74, 6) is -8.27. The molecule has 0 unspecified atom stereocenters. The van der Waals surface area contributed by atoms with E-state index in [4.69, 9.17) is 10.5 Å². The first-order valence-corrected chi connectivity index (χ1v) is 15.8. The molecule has 1 aromatic carbocycles. The highest BCUT2D eigenvalue weighted by Gasteiger charge is 2.63. The van der Waals surface area contributed by atoms with Crippen molar-refractivity contribution in [2.75, 3.05) is 58.1 Å². The third-order valence-electron chi connectivity index (χ3n) is 9.08. The number of primary amides is 1. The number of hydrogen-bond donors (Lipinski definition) is 6. The Morgan fingerprint density at radius 1 is 1.12 bits per heavy atom. The molecule has 3 aliphatic carbocycles. The van der Waals surface area contributed by atoms with Gasteiger partial charge < -0.3 is 41.1 Å². The van der Waals surface area contributed by atoms with E-state index in [1.54, 1.807) is 33.1 Å². The molecular weight excluding hydrogens is 626 g/mol. The maximum Gasteiger partial charge on any atom is 0.410 e. The fourth-order valence-corrected chi connectivity index (χ4v) is 6.99. The predicted octanol–water partition coefficient (Wildman–Crippen LogP) is 1.63. The van der Waals surface area contributed by atoms with Gasteiger partial charge in [0, 0.05) is 37.8 Å². The lowest BCUT2D eigenvalue weighted by Gasteiger charge is -2.50. The Balaban J connectivity index is 1.78. The molecule has 15 heteroatoms. The van der Waals surface area contributed by atoms with Crippen molar-refractivity contribution in [3.05, 3.63) is 39.9 Å². The molecule has 0 heterocycles. The summed E-state index contributed by atoms with van der Waals surface area (Å²) in [6.07, 6.45) is -0.0968. The Bertz CT molecular complexity index is 1610. The molecule has 3 amide bonds. The highest BCUT2D eigenvalue weighted by Crippen LogP contribution is 2.53. The van der Waals surface area contributed by atoms with Crippen LogP contribution in [0.1, 0.15) is 49.5 Å². The summed E-state index contributed by atoms with van der Waals surface area (Å²) in [6, 6.07) is 0.388. The molecule has 0 radical (unpaired) electrons. The number of aliphatic hydroxyl groups excluding tert-OH is 2. The van der Waals surface area contributed by atoms with Crippen LogP contribution in [0, 0.1) is 17.8 Å². The summed E-state index contributed by atoms with van der Waals surface area (Å²) < 4.78 is 5.28. The molecule has 0 aromatic heterocycles. The van der Waals surface area contributed by atoms with Crippen molar-refractivity contribution in [1.82, 2.24) is 9.80 Å². The number of benzene rings is 1. The number of hydrogen-bond acceptors (Lipinski definition) is 12. The fourth-order valence-electron chi connectivity index (χ4n) is 6.99. The van der Waals surface area contributed by atoms with Gasteiger partial charge in [0.15, 0.2) is 17.1 Å². The van der Waals surface area contributed by atoms with E-state index in [2.05, 4.69) is 5.32 Å². The number of ether oxygens (including phenoxy) is 1. The number of aliphatic hydroxyl groups is 3. The van der Waals surface area contributed by atoms with E-state index < -0.39 is 82.3 Å². The van der Waals surface area contributed by atoms with Gasteiger partial charge in [0.25, 0.3) is 5.91 Å². The Labute approximate surface area is 278 Å². The van der Waals surface area contributed by atoms with Crippen LogP contribution in [0.15, 0.2) is 28.7 Å². The second kappa shape index (κ2) is 13.5. The van der Waals surface area contributed by atoms with Crippen molar-refractivity contribution >= 4 is 40.8 Å². The number of ketones is 2. The van der Waals surface area contributed by atoms with Crippen LogP contribution in [0.5, 0.6) is 5.75 Å². The first kappa shape index (κ1) is 36.2. The summed E-state index contributed by atoms with van der Waals surface area (Å²) in [5, 5.41) is 48.4. The molecule has 0 fully saturated rings. The van der Waals surface area contributed by atoms with Gasteiger partial charge in [-0.05, 0) is 56.8 Å². The van der Waals surface area contributed by atoms with Gasteiger partial charge in [-0.2, -0.15) is 0 Å². The van der Waals surface area contributed by atoms with Crippen molar-refractivity contribution in [2.24, 2.45) is 23.5 Å². The zero-order valence-corrected chi connectivity index (χ0v) is 28.3. The quantitative estimate of drug-likeness (QED) is 0.154. The predicted molar refractivity (Wildman–Crippen MR) is 175 cm³/mol. The van der Waals surface area contributed by atoms with E-state index in [-0.39, 0.29) is 48.7 Å². The molecule has 4 rings (SSSR count). The van der Waals surface area contributed by atoms with Gasteiger partial charge in [-0.15, -0.1) is 0 Å². The lowest BCUT2D eigenvalue weighted by Crippen LogP contribution is -2.63. The molecular formula is C33H45N5O10. The van der Waals surface area contributed by atoms with Crippen molar-refractivity contribution < 1.29 is 49.1 Å². The molecule has 0 aliphatic heterocycles. The van der Waals surface area contributed by atoms with Gasteiger partial charge in [0.1, 0.15) is 23.6 Å². The van der Waals surface area contributed by atoms with Gasteiger partial charge in [0.05, 0.1) is 23.9 Å². The summed E-state index contributed by atoms with van der Waals surface area (Å²) >= 11 is 0. The standard InChI is InChI=1S/C33H45N5O10/c1-8-9-38(32(46)48-14-15(2)3)13-21(39)35-19-12-20(36(4)5)17-10-16-11-18-25(37(6)7)28(42)24(31(34)45)30(44)33(18,47)29(43)22(16)27(41)23(17)26(19)40/h12,15-16,18,25,40,42-43,47H,8-11,13-14H2,1-7H3,(H2,34,45)(H,35,39)/t16-,18-,25-,33-/m0/s1. The Kier molecular flexibility index (Phi) is 10.2. The van der Waals surface area contributed by atoms with Crippen molar-refractivity contribution in [3.63, 3.8) is 0 Å². The minimum atomic E-state index is -2.77. The number of Topliss-reactive ketones (excluding diaryl/α,β-unsaturated/α-hetero) is 2. The average Bonchev–Trinajstić information content (AvgIpc) is 2.98. The third kappa shape index (κ3) is 6.07. The van der Waals surface area contributed by atoms with Crippen LogP contribution >= 0.6 is 0 Å². The molecule has 0 saturated carbocycles. The number of anilines is 2. The number of phenols is 1. The average molecular weight is 672 g/mol. The Morgan fingerprint density at radius 3 is 2.31 bits per heavy atom. The maximum atomic E-state index is 14.2. The number of nitrogens with one attached hydrogen (secondary N) is 1. The van der Waals surface area contributed by atoms with Crippen LogP contribution in [-0.2, 0) is 25.5 Å². The second-order valence-corrected chi connectivity index (χ2v) is 13.4. The number of fused-ring (bicyclic) bond motifs is 3. The molecule has 7 N–H and O–H groups in total. The second-order valence-electron chi connectivity index (χ2n) is 13.4. The highest BCUT2D eigenvalue weighted by atomic mass is 16.6. The summed E-state index contributed by atoms with van der Waals surface area (Å²) in [6.45, 7) is 5.60. The summed E-state index contributed by atoms with van der Waals surface area (Å²) in [7, 11) is 6.52. The maximum absolute atomic E-state index is 14.2. The molecule has 4 atom stereocenters. The number of nitrogens with two attached hydrogens (primary N) is 1. The molecule has 15 nitrogen and oxygen atoms in total. The Morgan fingerprint density at radius 2 is 1.77 bits per heavy atom. The first-order chi connectivity index (χ1) is 22.4. The minimum absolute atomic E-state index is 0.0575. The van der Waals surface area contributed by atoms with E-state index in [1.807, 2.05) is 20.8 Å². The topological polar surface area (TPSA) is 223 Å². The molecule has 262 valence electrons. The van der Waals surface area contributed by atoms with Crippen LogP contribution in [0.3, 0.4) is 0 Å². The number of aromatic hydroxyl groups is 1. The summed E-state index contributed by atoms with van der Waals surface area (Å²) in [5.41, 5.74) is 1.89. The number of rotatable bonds is 10. The zero-order chi connectivity index (χ0) is 36.0. The number of nitrogens with zero attached hydrogens (tertiary/aromatic N) is 3. The Hall–Kier alpha value is -4.63. The number of carbonyl (C=O) groups excluding carboxylic acids is 5. The summed E-state index contributed by atoms with van der Waals surface area (Å²) in [4.78, 5) is 70.2. The van der Waals surface area contributed by atoms with Gasteiger partial charge in [-0.1, -0.05) is 20.8 Å². The number of carbonyl (C=O) groups is 5. The largest absolute Gasteiger partial charge is 0.510 e. The van der Waals surface area contributed by atoms with Crippen LogP contribution < -0.4 is 16.0 Å². The van der Waals surface area contributed by atoms with Crippen LogP contribution in [0.25, 0.3) is 0 Å². The van der Waals surface area contributed by atoms with E-state index in [9.17, 15) is 44.4 Å². The zero-order valence-electron chi connectivity index (χ0n) is 28.3. The number of phenolic OH excluding ortho intramolecular Hbond substituents is 1. The number of likely N-dealkylation sites (N-methyl/N-ethyl adjacent to an activating group) is 1. The van der Waals surface area contributed by atoms with Gasteiger partial charge in [-0.3, -0.25) is 29.0 Å². The minimum Gasteiger partial charge on any atom is -0.510 e. The van der Waals surface area contributed by atoms with Crippen LogP contribution in [-0.4, -0.2) is 119 Å². The molecule has 48 heavy (non-hydrogen) atoms.